The van der Waals surface area contributed by atoms with Gasteiger partial charge in [-0.3, -0.25) is 14.3 Å². The lowest BCUT2D eigenvalue weighted by molar-refractivity contribution is -0.131. The zero-order valence-electron chi connectivity index (χ0n) is 15.1. The van der Waals surface area contributed by atoms with E-state index in [1.54, 1.807) is 17.8 Å². The van der Waals surface area contributed by atoms with Gasteiger partial charge in [-0.1, -0.05) is 24.9 Å². The first-order chi connectivity index (χ1) is 11.3. The second-order valence-corrected chi connectivity index (χ2v) is 6.47. The van der Waals surface area contributed by atoms with E-state index in [9.17, 15) is 9.59 Å². The van der Waals surface area contributed by atoms with Crippen molar-refractivity contribution in [3.05, 3.63) is 22.5 Å². The molecule has 1 rings (SSSR count). The van der Waals surface area contributed by atoms with Crippen molar-refractivity contribution in [3.8, 4) is 0 Å². The van der Waals surface area contributed by atoms with E-state index in [4.69, 9.17) is 11.6 Å². The number of unbranched alkanes of at least 4 members (excludes halogenated alkanes) is 1. The summed E-state index contributed by atoms with van der Waals surface area (Å²) >= 11 is 6.33. The predicted octanol–water partition coefficient (Wildman–Crippen LogP) is 2.64. The molecular weight excluding hydrogens is 328 g/mol. The molecule has 134 valence electrons. The lowest BCUT2D eigenvalue weighted by Gasteiger charge is -2.16. The number of aryl methyl sites for hydroxylation is 2. The van der Waals surface area contributed by atoms with Gasteiger partial charge in [-0.15, -0.1) is 0 Å². The molecule has 0 aliphatic carbocycles. The average molecular weight is 355 g/mol. The molecule has 7 heteroatoms. The van der Waals surface area contributed by atoms with Crippen molar-refractivity contribution >= 4 is 29.5 Å². The average Bonchev–Trinajstić information content (AvgIpc) is 2.75. The molecule has 0 saturated heterocycles. The topological polar surface area (TPSA) is 67.2 Å². The molecule has 1 aromatic heterocycles. The van der Waals surface area contributed by atoms with E-state index >= 15 is 0 Å². The Balaban J connectivity index is 2.73. The van der Waals surface area contributed by atoms with Gasteiger partial charge in [0.1, 0.15) is 5.15 Å². The van der Waals surface area contributed by atoms with E-state index in [1.165, 1.54) is 11.0 Å². The molecule has 0 saturated carbocycles. The molecule has 0 fully saturated rings. The summed E-state index contributed by atoms with van der Waals surface area (Å²) < 4.78 is 1.75. The van der Waals surface area contributed by atoms with Gasteiger partial charge in [-0.2, -0.15) is 5.10 Å². The van der Waals surface area contributed by atoms with E-state index < -0.39 is 0 Å². The second-order valence-electron chi connectivity index (χ2n) is 6.12. The maximum absolute atomic E-state index is 12.1. The molecular formula is C17H27ClN4O2. The van der Waals surface area contributed by atoms with Crippen molar-refractivity contribution in [1.29, 1.82) is 0 Å². The summed E-state index contributed by atoms with van der Waals surface area (Å²) in [5.74, 6) is -0.443. The molecule has 0 spiro atoms. The third-order valence-corrected chi connectivity index (χ3v) is 3.83. The Morgan fingerprint density at radius 3 is 2.67 bits per heavy atom. The molecule has 1 heterocycles. The van der Waals surface area contributed by atoms with Crippen molar-refractivity contribution in [2.75, 3.05) is 13.6 Å². The minimum atomic E-state index is -0.259. The molecule has 0 radical (unpaired) electrons. The van der Waals surface area contributed by atoms with Crippen LogP contribution in [0.5, 0.6) is 0 Å². The zero-order valence-corrected chi connectivity index (χ0v) is 15.9. The van der Waals surface area contributed by atoms with E-state index in [1.807, 2.05) is 20.8 Å². The van der Waals surface area contributed by atoms with Crippen molar-refractivity contribution in [1.82, 2.24) is 20.0 Å². The quantitative estimate of drug-likeness (QED) is 0.730. The standard InChI is InChI=1S/C17H27ClN4O2/c1-6-7-10-22-17(18)14(13(4)20-22)8-9-16(24)21(5)11-15(23)19-12(2)3/h8-9,12H,6-7,10-11H2,1-5H3,(H,19,23)/b9-8+. The number of amides is 2. The molecule has 0 bridgehead atoms. The number of nitrogens with zero attached hydrogens (tertiary/aromatic N) is 3. The van der Waals surface area contributed by atoms with Crippen LogP contribution in [0, 0.1) is 6.92 Å². The molecule has 0 aliphatic rings. The molecule has 1 N–H and O–H groups in total. The minimum absolute atomic E-state index is 0.0177. The summed E-state index contributed by atoms with van der Waals surface area (Å²) in [6.07, 6.45) is 5.13. The molecule has 6 nitrogen and oxygen atoms in total. The summed E-state index contributed by atoms with van der Waals surface area (Å²) in [6, 6.07) is 0.0481. The summed E-state index contributed by atoms with van der Waals surface area (Å²) in [5.41, 5.74) is 1.52. The maximum atomic E-state index is 12.1. The Morgan fingerprint density at radius 2 is 2.08 bits per heavy atom. The molecule has 2 amide bonds. The normalized spacial score (nSPS) is 11.3. The van der Waals surface area contributed by atoms with Crippen LogP contribution in [0.4, 0.5) is 0 Å². The lowest BCUT2D eigenvalue weighted by Crippen LogP contribution is -2.40. The number of carbonyl (C=O) groups is 2. The molecule has 0 aliphatic heterocycles. The zero-order chi connectivity index (χ0) is 18.3. The van der Waals surface area contributed by atoms with Crippen LogP contribution in [0.1, 0.15) is 44.9 Å². The number of nitrogens with one attached hydrogen (secondary N) is 1. The highest BCUT2D eigenvalue weighted by molar-refractivity contribution is 6.31. The highest BCUT2D eigenvalue weighted by Gasteiger charge is 2.13. The Labute approximate surface area is 148 Å². The first-order valence-electron chi connectivity index (χ1n) is 8.21. The Bertz CT molecular complexity index is 608. The van der Waals surface area contributed by atoms with Gasteiger partial charge in [0.2, 0.25) is 11.8 Å². The van der Waals surface area contributed by atoms with E-state index in [0.29, 0.717) is 5.15 Å². The van der Waals surface area contributed by atoms with Gasteiger partial charge < -0.3 is 10.2 Å². The third-order valence-electron chi connectivity index (χ3n) is 3.43. The van der Waals surface area contributed by atoms with E-state index in [2.05, 4.69) is 17.3 Å². The number of halogens is 1. The fraction of sp³-hybridized carbons (Fsp3) is 0.588. The number of hydrogen-bond acceptors (Lipinski definition) is 3. The lowest BCUT2D eigenvalue weighted by atomic mass is 10.2. The van der Waals surface area contributed by atoms with Crippen LogP contribution >= 0.6 is 11.6 Å². The van der Waals surface area contributed by atoms with Gasteiger partial charge in [0, 0.05) is 31.3 Å². The molecule has 0 aromatic carbocycles. The van der Waals surface area contributed by atoms with Crippen LogP contribution in [0.15, 0.2) is 6.08 Å². The molecule has 24 heavy (non-hydrogen) atoms. The Hall–Kier alpha value is -1.82. The van der Waals surface area contributed by atoms with Crippen molar-refractivity contribution < 1.29 is 9.59 Å². The number of hydrogen-bond donors (Lipinski definition) is 1. The predicted molar refractivity (Wildman–Crippen MR) is 96.8 cm³/mol. The van der Waals surface area contributed by atoms with Crippen molar-refractivity contribution in [2.45, 2.75) is 53.1 Å². The molecule has 0 unspecified atom stereocenters. The van der Waals surface area contributed by atoms with Crippen LogP contribution in [-0.4, -0.2) is 46.1 Å². The van der Waals surface area contributed by atoms with Crippen LogP contribution in [0.25, 0.3) is 6.08 Å². The van der Waals surface area contributed by atoms with E-state index in [-0.39, 0.29) is 24.4 Å². The van der Waals surface area contributed by atoms with Crippen molar-refractivity contribution in [3.63, 3.8) is 0 Å². The Morgan fingerprint density at radius 1 is 1.42 bits per heavy atom. The van der Waals surface area contributed by atoms with Crippen LogP contribution < -0.4 is 5.32 Å². The van der Waals surface area contributed by atoms with Gasteiger partial charge in [-0.05, 0) is 33.3 Å². The van der Waals surface area contributed by atoms with Gasteiger partial charge in [-0.25, -0.2) is 0 Å². The first kappa shape index (κ1) is 20.2. The Kier molecular flexibility index (Phi) is 7.98. The summed E-state index contributed by atoms with van der Waals surface area (Å²) in [4.78, 5) is 25.2. The molecule has 0 atom stereocenters. The van der Waals surface area contributed by atoms with Gasteiger partial charge in [0.15, 0.2) is 0 Å². The second kappa shape index (κ2) is 9.47. The monoisotopic (exact) mass is 354 g/mol. The van der Waals surface area contributed by atoms with Gasteiger partial charge in [0.05, 0.1) is 12.2 Å². The summed E-state index contributed by atoms with van der Waals surface area (Å²) in [6.45, 7) is 8.49. The van der Waals surface area contributed by atoms with E-state index in [0.717, 1.165) is 30.6 Å². The first-order valence-corrected chi connectivity index (χ1v) is 8.59. The van der Waals surface area contributed by atoms with Crippen molar-refractivity contribution in [2.24, 2.45) is 0 Å². The fourth-order valence-electron chi connectivity index (χ4n) is 2.16. The van der Waals surface area contributed by atoms with Crippen LogP contribution in [0.3, 0.4) is 0 Å². The molecule has 1 aromatic rings. The van der Waals surface area contributed by atoms with Gasteiger partial charge in [0.25, 0.3) is 0 Å². The highest BCUT2D eigenvalue weighted by Crippen LogP contribution is 2.21. The fourth-order valence-corrected chi connectivity index (χ4v) is 2.48. The minimum Gasteiger partial charge on any atom is -0.352 e. The third kappa shape index (κ3) is 6.00. The highest BCUT2D eigenvalue weighted by atomic mass is 35.5. The number of carbonyl (C=O) groups excluding carboxylic acids is 2. The number of aromatic nitrogens is 2. The number of rotatable bonds is 8. The largest absolute Gasteiger partial charge is 0.352 e. The maximum Gasteiger partial charge on any atom is 0.246 e. The van der Waals surface area contributed by atoms with Crippen LogP contribution in [-0.2, 0) is 16.1 Å². The SMILES string of the molecule is CCCCn1nc(C)c(/C=C/C(=O)N(C)CC(=O)NC(C)C)c1Cl. The number of likely N-dealkylation sites (N-methyl/N-ethyl adjacent to an activating group) is 1. The van der Waals surface area contributed by atoms with Crippen LogP contribution in [0.2, 0.25) is 5.15 Å². The summed E-state index contributed by atoms with van der Waals surface area (Å²) in [7, 11) is 1.59. The summed E-state index contributed by atoms with van der Waals surface area (Å²) in [5, 5.41) is 7.68. The smallest absolute Gasteiger partial charge is 0.246 e. The van der Waals surface area contributed by atoms with Gasteiger partial charge >= 0.3 is 0 Å².